The van der Waals surface area contributed by atoms with Crippen LogP contribution in [0.15, 0.2) is 73.1 Å². The molecular weight excluding hydrogens is 352 g/mol. The van der Waals surface area contributed by atoms with Crippen LogP contribution < -0.4 is 10.1 Å². The minimum absolute atomic E-state index is 0.153. The molecule has 0 radical (unpaired) electrons. The molecule has 1 atom stereocenters. The molecule has 2 aromatic heterocycles. The zero-order valence-electron chi connectivity index (χ0n) is 15.4. The molecule has 0 aliphatic heterocycles. The third-order valence-electron chi connectivity index (χ3n) is 4.44. The van der Waals surface area contributed by atoms with Gasteiger partial charge < -0.3 is 15.0 Å². The number of carbonyl (C=O) groups is 1. The summed E-state index contributed by atoms with van der Waals surface area (Å²) in [7, 11) is 0. The lowest BCUT2D eigenvalue weighted by Crippen LogP contribution is -2.28. The Morgan fingerprint density at radius 3 is 2.61 bits per heavy atom. The number of imidazole rings is 1. The predicted octanol–water partition coefficient (Wildman–Crippen LogP) is 4.63. The molecule has 0 bridgehead atoms. The van der Waals surface area contributed by atoms with Gasteiger partial charge in [0.05, 0.1) is 23.3 Å². The van der Waals surface area contributed by atoms with Crippen molar-refractivity contribution in [2.45, 2.75) is 19.4 Å². The SMILES string of the molecule is CCC(NC(=O)c1ccc(Oc2cccnc2)cc1)c1nc2ccccc2[nH]1. The number of ether oxygens (including phenoxy) is 1. The zero-order valence-corrected chi connectivity index (χ0v) is 15.4. The van der Waals surface area contributed by atoms with Crippen LogP contribution in [-0.4, -0.2) is 20.9 Å². The van der Waals surface area contributed by atoms with Crippen molar-refractivity contribution in [2.24, 2.45) is 0 Å². The highest BCUT2D eigenvalue weighted by Crippen LogP contribution is 2.22. The number of nitrogens with zero attached hydrogens (tertiary/aromatic N) is 2. The van der Waals surface area contributed by atoms with Crippen molar-refractivity contribution in [1.82, 2.24) is 20.3 Å². The molecule has 2 N–H and O–H groups in total. The second-order valence-electron chi connectivity index (χ2n) is 6.39. The smallest absolute Gasteiger partial charge is 0.251 e. The number of aromatic amines is 1. The second-order valence-corrected chi connectivity index (χ2v) is 6.39. The number of rotatable bonds is 6. The average Bonchev–Trinajstić information content (AvgIpc) is 3.17. The average molecular weight is 372 g/mol. The third kappa shape index (κ3) is 3.86. The Labute approximate surface area is 162 Å². The van der Waals surface area contributed by atoms with Crippen molar-refractivity contribution in [3.8, 4) is 11.5 Å². The third-order valence-corrected chi connectivity index (χ3v) is 4.44. The van der Waals surface area contributed by atoms with Gasteiger partial charge in [-0.1, -0.05) is 19.1 Å². The minimum Gasteiger partial charge on any atom is -0.456 e. The van der Waals surface area contributed by atoms with E-state index in [4.69, 9.17) is 4.74 Å². The first-order valence-corrected chi connectivity index (χ1v) is 9.16. The van der Waals surface area contributed by atoms with Crippen molar-refractivity contribution in [3.63, 3.8) is 0 Å². The molecule has 0 spiro atoms. The van der Waals surface area contributed by atoms with Crippen molar-refractivity contribution < 1.29 is 9.53 Å². The summed E-state index contributed by atoms with van der Waals surface area (Å²) in [4.78, 5) is 24.6. The fourth-order valence-electron chi connectivity index (χ4n) is 2.96. The number of amides is 1. The van der Waals surface area contributed by atoms with Crippen LogP contribution in [0.3, 0.4) is 0 Å². The molecule has 2 aromatic carbocycles. The standard InChI is InChI=1S/C22H20N4O2/c1-2-18(21-24-19-7-3-4-8-20(19)25-21)26-22(27)15-9-11-16(12-10-15)28-17-6-5-13-23-14-17/h3-14,18H,2H2,1H3,(H,24,25)(H,26,27). The molecule has 1 unspecified atom stereocenters. The number of nitrogens with one attached hydrogen (secondary N) is 2. The molecule has 0 aliphatic rings. The van der Waals surface area contributed by atoms with Crippen LogP contribution in [0.1, 0.15) is 35.6 Å². The van der Waals surface area contributed by atoms with E-state index in [0.29, 0.717) is 17.1 Å². The van der Waals surface area contributed by atoms with Crippen LogP contribution in [-0.2, 0) is 0 Å². The number of H-pyrrole nitrogens is 1. The highest BCUT2D eigenvalue weighted by Gasteiger charge is 2.17. The molecule has 4 aromatic rings. The molecular formula is C22H20N4O2. The number of para-hydroxylation sites is 2. The van der Waals surface area contributed by atoms with Gasteiger partial charge in [0.1, 0.15) is 17.3 Å². The van der Waals surface area contributed by atoms with E-state index < -0.39 is 0 Å². The monoisotopic (exact) mass is 372 g/mol. The summed E-state index contributed by atoms with van der Waals surface area (Å²) in [6, 6.07) is 18.3. The summed E-state index contributed by atoms with van der Waals surface area (Å²) in [5.41, 5.74) is 2.41. The van der Waals surface area contributed by atoms with Gasteiger partial charge in [0.25, 0.3) is 5.91 Å². The van der Waals surface area contributed by atoms with Gasteiger partial charge in [0.15, 0.2) is 0 Å². The maximum Gasteiger partial charge on any atom is 0.251 e. The molecule has 28 heavy (non-hydrogen) atoms. The van der Waals surface area contributed by atoms with Crippen LogP contribution in [0.2, 0.25) is 0 Å². The number of pyridine rings is 1. The summed E-state index contributed by atoms with van der Waals surface area (Å²) >= 11 is 0. The first-order chi connectivity index (χ1) is 13.7. The van der Waals surface area contributed by atoms with Crippen LogP contribution in [0, 0.1) is 0 Å². The lowest BCUT2D eigenvalue weighted by molar-refractivity contribution is 0.0934. The fourth-order valence-corrected chi connectivity index (χ4v) is 2.96. The largest absolute Gasteiger partial charge is 0.456 e. The van der Waals surface area contributed by atoms with Gasteiger partial charge in [-0.3, -0.25) is 9.78 Å². The Morgan fingerprint density at radius 1 is 1.07 bits per heavy atom. The Kier molecular flexibility index (Phi) is 5.01. The summed E-state index contributed by atoms with van der Waals surface area (Å²) < 4.78 is 5.71. The van der Waals surface area contributed by atoms with Gasteiger partial charge >= 0.3 is 0 Å². The van der Waals surface area contributed by atoms with Gasteiger partial charge in [-0.05, 0) is 55.0 Å². The van der Waals surface area contributed by atoms with E-state index in [1.807, 2.05) is 37.3 Å². The van der Waals surface area contributed by atoms with Crippen LogP contribution in [0.5, 0.6) is 11.5 Å². The Balaban J connectivity index is 1.45. The van der Waals surface area contributed by atoms with Crippen LogP contribution in [0.4, 0.5) is 0 Å². The molecule has 140 valence electrons. The molecule has 2 heterocycles. The van der Waals surface area contributed by atoms with E-state index in [1.54, 1.807) is 42.7 Å². The first kappa shape index (κ1) is 17.7. The molecule has 1 amide bonds. The van der Waals surface area contributed by atoms with Gasteiger partial charge in [0.2, 0.25) is 0 Å². The van der Waals surface area contributed by atoms with Gasteiger partial charge in [-0.25, -0.2) is 4.98 Å². The van der Waals surface area contributed by atoms with E-state index >= 15 is 0 Å². The van der Waals surface area contributed by atoms with E-state index in [9.17, 15) is 4.79 Å². The summed E-state index contributed by atoms with van der Waals surface area (Å²) in [6.07, 6.45) is 4.06. The number of aromatic nitrogens is 3. The molecule has 0 fully saturated rings. The van der Waals surface area contributed by atoms with E-state index in [2.05, 4.69) is 20.3 Å². The topological polar surface area (TPSA) is 79.9 Å². The quantitative estimate of drug-likeness (QED) is 0.517. The maximum atomic E-state index is 12.7. The van der Waals surface area contributed by atoms with Gasteiger partial charge in [0, 0.05) is 11.8 Å². The van der Waals surface area contributed by atoms with Crippen molar-refractivity contribution >= 4 is 16.9 Å². The normalized spacial score (nSPS) is 11.9. The van der Waals surface area contributed by atoms with Crippen molar-refractivity contribution in [2.75, 3.05) is 0 Å². The number of carbonyl (C=O) groups excluding carboxylic acids is 1. The minimum atomic E-state index is -0.189. The highest BCUT2D eigenvalue weighted by molar-refractivity contribution is 5.94. The van der Waals surface area contributed by atoms with Crippen molar-refractivity contribution in [1.29, 1.82) is 0 Å². The first-order valence-electron chi connectivity index (χ1n) is 9.16. The predicted molar refractivity (Wildman–Crippen MR) is 107 cm³/mol. The van der Waals surface area contributed by atoms with E-state index in [0.717, 1.165) is 23.3 Å². The Hall–Kier alpha value is -3.67. The van der Waals surface area contributed by atoms with Crippen LogP contribution in [0.25, 0.3) is 11.0 Å². The molecule has 6 nitrogen and oxygen atoms in total. The summed E-state index contributed by atoms with van der Waals surface area (Å²) in [5.74, 6) is 1.90. The molecule has 0 aliphatic carbocycles. The van der Waals surface area contributed by atoms with Gasteiger partial charge in [-0.15, -0.1) is 0 Å². The Bertz CT molecular complexity index is 1040. The lowest BCUT2D eigenvalue weighted by atomic mass is 10.1. The highest BCUT2D eigenvalue weighted by atomic mass is 16.5. The number of fused-ring (bicyclic) bond motifs is 1. The molecule has 6 heteroatoms. The van der Waals surface area contributed by atoms with Crippen molar-refractivity contribution in [3.05, 3.63) is 84.4 Å². The number of hydrogen-bond acceptors (Lipinski definition) is 4. The summed E-state index contributed by atoms with van der Waals surface area (Å²) in [6.45, 7) is 2.02. The zero-order chi connectivity index (χ0) is 19.3. The Morgan fingerprint density at radius 2 is 1.89 bits per heavy atom. The number of hydrogen-bond donors (Lipinski definition) is 2. The van der Waals surface area contributed by atoms with E-state index in [-0.39, 0.29) is 11.9 Å². The van der Waals surface area contributed by atoms with E-state index in [1.165, 1.54) is 0 Å². The second kappa shape index (κ2) is 7.92. The maximum absolute atomic E-state index is 12.7. The number of benzene rings is 2. The van der Waals surface area contributed by atoms with Gasteiger partial charge in [-0.2, -0.15) is 0 Å². The lowest BCUT2D eigenvalue weighted by Gasteiger charge is -2.15. The molecule has 0 saturated heterocycles. The molecule has 4 rings (SSSR count). The molecule has 0 saturated carbocycles. The van der Waals surface area contributed by atoms with Crippen LogP contribution >= 0.6 is 0 Å². The summed E-state index contributed by atoms with van der Waals surface area (Å²) in [5, 5.41) is 3.05. The fraction of sp³-hybridized carbons (Fsp3) is 0.136.